The van der Waals surface area contributed by atoms with Crippen LogP contribution in [0.2, 0.25) is 5.02 Å². The van der Waals surface area contributed by atoms with Crippen molar-refractivity contribution in [1.29, 1.82) is 0 Å². The molecule has 0 unspecified atom stereocenters. The third-order valence-electron chi connectivity index (χ3n) is 3.13. The average Bonchev–Trinajstić information content (AvgIpc) is 3.01. The highest BCUT2D eigenvalue weighted by Gasteiger charge is 2.29. The molecule has 140 valence electrons. The summed E-state index contributed by atoms with van der Waals surface area (Å²) in [6.07, 6.45) is 2.78. The van der Waals surface area contributed by atoms with E-state index in [1.165, 1.54) is 30.0 Å². The fraction of sp³-hybridized carbons (Fsp3) is 0.267. The standard InChI is InChI=1S/C15H17ClN4O3S3/c1-4-9-24-15-19-18-14(25-15)17-13(21)10(2)20(26(3,22)23)12-7-5-11(16)6-8-12/h4-8,10H,1,9H2,2-3H3,(H,17,18,21)/t10-/m1/s1. The summed E-state index contributed by atoms with van der Waals surface area (Å²) in [5.41, 5.74) is 0.346. The van der Waals surface area contributed by atoms with E-state index in [0.29, 0.717) is 25.9 Å². The van der Waals surface area contributed by atoms with Crippen LogP contribution in [0.25, 0.3) is 0 Å². The summed E-state index contributed by atoms with van der Waals surface area (Å²) in [6.45, 7) is 5.13. The zero-order valence-electron chi connectivity index (χ0n) is 14.0. The van der Waals surface area contributed by atoms with Gasteiger partial charge in [0.1, 0.15) is 6.04 Å². The zero-order valence-corrected chi connectivity index (χ0v) is 17.3. The van der Waals surface area contributed by atoms with E-state index >= 15 is 0 Å². The number of amides is 1. The number of nitrogens with zero attached hydrogens (tertiary/aromatic N) is 3. The molecule has 1 aromatic heterocycles. The average molecular weight is 433 g/mol. The smallest absolute Gasteiger partial charge is 0.249 e. The lowest BCUT2D eigenvalue weighted by Gasteiger charge is -2.27. The van der Waals surface area contributed by atoms with Gasteiger partial charge in [-0.2, -0.15) is 0 Å². The zero-order chi connectivity index (χ0) is 19.3. The minimum absolute atomic E-state index is 0.304. The third kappa shape index (κ3) is 5.44. The molecule has 1 N–H and O–H groups in total. The lowest BCUT2D eigenvalue weighted by molar-refractivity contribution is -0.116. The van der Waals surface area contributed by atoms with Crippen molar-refractivity contribution in [2.24, 2.45) is 0 Å². The van der Waals surface area contributed by atoms with Gasteiger partial charge in [0.25, 0.3) is 0 Å². The van der Waals surface area contributed by atoms with Crippen LogP contribution in [0.5, 0.6) is 0 Å². The van der Waals surface area contributed by atoms with E-state index in [9.17, 15) is 13.2 Å². The molecule has 0 bridgehead atoms. The predicted octanol–water partition coefficient (Wildman–Crippen LogP) is 3.26. The Kier molecular flexibility index (Phi) is 7.04. The van der Waals surface area contributed by atoms with Gasteiger partial charge in [-0.1, -0.05) is 40.8 Å². The first kappa shape index (κ1) is 20.7. The third-order valence-corrected chi connectivity index (χ3v) is 6.59. The predicted molar refractivity (Wildman–Crippen MR) is 108 cm³/mol. The Morgan fingerprint density at radius 3 is 2.65 bits per heavy atom. The number of benzene rings is 1. The first-order valence-corrected chi connectivity index (χ1v) is 11.4. The molecule has 0 saturated carbocycles. The Hall–Kier alpha value is -1.62. The fourth-order valence-corrected chi connectivity index (χ4v) is 4.87. The van der Waals surface area contributed by atoms with Crippen LogP contribution in [0.3, 0.4) is 0 Å². The number of carbonyl (C=O) groups is 1. The summed E-state index contributed by atoms with van der Waals surface area (Å²) in [5.74, 6) is 0.166. The Morgan fingerprint density at radius 2 is 2.08 bits per heavy atom. The van der Waals surface area contributed by atoms with Crippen LogP contribution >= 0.6 is 34.7 Å². The van der Waals surface area contributed by atoms with Crippen LogP contribution in [0.15, 0.2) is 41.3 Å². The molecule has 0 spiro atoms. The molecule has 1 aromatic carbocycles. The molecule has 0 saturated heterocycles. The van der Waals surface area contributed by atoms with Crippen LogP contribution in [0, 0.1) is 0 Å². The molecule has 7 nitrogen and oxygen atoms in total. The Labute approximate surface area is 165 Å². The number of carbonyl (C=O) groups excluding carboxylic acids is 1. The van der Waals surface area contributed by atoms with Crippen molar-refractivity contribution in [3.8, 4) is 0 Å². The highest BCUT2D eigenvalue weighted by molar-refractivity contribution is 8.01. The summed E-state index contributed by atoms with van der Waals surface area (Å²) in [5, 5.41) is 11.2. The van der Waals surface area contributed by atoms with Crippen molar-refractivity contribution in [3.63, 3.8) is 0 Å². The Morgan fingerprint density at radius 1 is 1.42 bits per heavy atom. The summed E-state index contributed by atoms with van der Waals surface area (Å²) >= 11 is 8.50. The van der Waals surface area contributed by atoms with Crippen LogP contribution in [0.1, 0.15) is 6.92 Å². The largest absolute Gasteiger partial charge is 0.299 e. The van der Waals surface area contributed by atoms with Gasteiger partial charge in [-0.25, -0.2) is 8.42 Å². The summed E-state index contributed by atoms with van der Waals surface area (Å²) in [6, 6.07) is 5.23. The van der Waals surface area contributed by atoms with Crippen molar-refractivity contribution < 1.29 is 13.2 Å². The molecule has 26 heavy (non-hydrogen) atoms. The second kappa shape index (κ2) is 8.85. The second-order valence-corrected chi connectivity index (χ2v) is 9.71. The molecular formula is C15H17ClN4O3S3. The minimum Gasteiger partial charge on any atom is -0.299 e. The maximum atomic E-state index is 12.5. The van der Waals surface area contributed by atoms with Gasteiger partial charge in [-0.15, -0.1) is 16.8 Å². The molecule has 2 rings (SSSR count). The van der Waals surface area contributed by atoms with Gasteiger partial charge in [-0.05, 0) is 31.2 Å². The fourth-order valence-electron chi connectivity index (χ4n) is 2.06. The SMILES string of the molecule is C=CCSc1nnc(NC(=O)[C@@H](C)N(c2ccc(Cl)cc2)S(C)(=O)=O)s1. The molecule has 0 aliphatic heterocycles. The van der Waals surface area contributed by atoms with E-state index in [1.807, 2.05) is 0 Å². The quantitative estimate of drug-likeness (QED) is 0.391. The lowest BCUT2D eigenvalue weighted by atomic mass is 10.2. The van der Waals surface area contributed by atoms with E-state index in [2.05, 4.69) is 22.1 Å². The summed E-state index contributed by atoms with van der Waals surface area (Å²) in [7, 11) is -3.69. The Bertz CT molecular complexity index is 884. The molecule has 1 amide bonds. The van der Waals surface area contributed by atoms with Gasteiger partial charge in [0.2, 0.25) is 21.1 Å². The van der Waals surface area contributed by atoms with Gasteiger partial charge in [-0.3, -0.25) is 14.4 Å². The molecule has 11 heteroatoms. The highest BCUT2D eigenvalue weighted by Crippen LogP contribution is 2.27. The first-order chi connectivity index (χ1) is 12.2. The first-order valence-electron chi connectivity index (χ1n) is 7.35. The monoisotopic (exact) mass is 432 g/mol. The molecule has 0 fully saturated rings. The molecule has 0 aliphatic rings. The minimum atomic E-state index is -3.69. The number of halogens is 1. The molecule has 0 aliphatic carbocycles. The highest BCUT2D eigenvalue weighted by atomic mass is 35.5. The van der Waals surface area contributed by atoms with Crippen LogP contribution in [0.4, 0.5) is 10.8 Å². The van der Waals surface area contributed by atoms with E-state index in [-0.39, 0.29) is 0 Å². The molecule has 0 radical (unpaired) electrons. The Balaban J connectivity index is 2.18. The van der Waals surface area contributed by atoms with Gasteiger partial charge in [0, 0.05) is 10.8 Å². The summed E-state index contributed by atoms with van der Waals surface area (Å²) < 4.78 is 26.1. The van der Waals surface area contributed by atoms with E-state index < -0.39 is 22.0 Å². The summed E-state index contributed by atoms with van der Waals surface area (Å²) in [4.78, 5) is 12.5. The number of sulfonamides is 1. The molecule has 1 heterocycles. The topological polar surface area (TPSA) is 92.3 Å². The molecular weight excluding hydrogens is 416 g/mol. The van der Waals surface area contributed by atoms with Gasteiger partial charge < -0.3 is 0 Å². The van der Waals surface area contributed by atoms with Crippen molar-refractivity contribution in [1.82, 2.24) is 10.2 Å². The second-order valence-electron chi connectivity index (χ2n) is 5.17. The maximum Gasteiger partial charge on any atom is 0.249 e. The van der Waals surface area contributed by atoms with E-state index in [4.69, 9.17) is 11.6 Å². The van der Waals surface area contributed by atoms with Crippen LogP contribution in [-0.4, -0.2) is 42.6 Å². The van der Waals surface area contributed by atoms with Crippen LogP contribution < -0.4 is 9.62 Å². The lowest BCUT2D eigenvalue weighted by Crippen LogP contribution is -2.45. The van der Waals surface area contributed by atoms with Crippen molar-refractivity contribution >= 4 is 61.4 Å². The molecule has 2 aromatic rings. The number of rotatable bonds is 8. The molecule has 1 atom stereocenters. The number of aromatic nitrogens is 2. The maximum absolute atomic E-state index is 12.5. The number of hydrogen-bond donors (Lipinski definition) is 1. The van der Waals surface area contributed by atoms with Gasteiger partial charge >= 0.3 is 0 Å². The van der Waals surface area contributed by atoms with E-state index in [0.717, 1.165) is 10.6 Å². The van der Waals surface area contributed by atoms with Crippen LogP contribution in [-0.2, 0) is 14.8 Å². The van der Waals surface area contributed by atoms with Crippen molar-refractivity contribution in [3.05, 3.63) is 41.9 Å². The number of nitrogens with one attached hydrogen (secondary N) is 1. The van der Waals surface area contributed by atoms with Crippen molar-refractivity contribution in [2.75, 3.05) is 21.6 Å². The number of thioether (sulfide) groups is 1. The number of hydrogen-bond acceptors (Lipinski definition) is 7. The van der Waals surface area contributed by atoms with Gasteiger partial charge in [0.15, 0.2) is 4.34 Å². The van der Waals surface area contributed by atoms with Crippen molar-refractivity contribution in [2.45, 2.75) is 17.3 Å². The van der Waals surface area contributed by atoms with E-state index in [1.54, 1.807) is 30.3 Å². The van der Waals surface area contributed by atoms with Gasteiger partial charge in [0.05, 0.1) is 11.9 Å². The normalized spacial score (nSPS) is 12.4. The number of anilines is 2.